The van der Waals surface area contributed by atoms with Crippen LogP contribution in [0.3, 0.4) is 0 Å². The summed E-state index contributed by atoms with van der Waals surface area (Å²) in [6.07, 6.45) is 0. The molecule has 5 heteroatoms. The first kappa shape index (κ1) is 11.4. The number of benzene rings is 1. The molecule has 2 rings (SSSR count). The summed E-state index contributed by atoms with van der Waals surface area (Å²) in [6, 6.07) is 4.84. The van der Waals surface area contributed by atoms with E-state index in [9.17, 15) is 9.59 Å². The number of esters is 1. The molecule has 0 bridgehead atoms. The Balaban J connectivity index is 2.32. The highest BCUT2D eigenvalue weighted by Crippen LogP contribution is 2.36. The first-order valence-corrected chi connectivity index (χ1v) is 5.21. The number of hydrogen-bond acceptors (Lipinski definition) is 4. The minimum atomic E-state index is -0.893. The van der Waals surface area contributed by atoms with Gasteiger partial charge in [-0.3, -0.25) is 9.59 Å². The van der Waals surface area contributed by atoms with Crippen LogP contribution in [-0.4, -0.2) is 17.5 Å². The van der Waals surface area contributed by atoms with Gasteiger partial charge in [0.15, 0.2) is 5.60 Å². The van der Waals surface area contributed by atoms with Gasteiger partial charge in [0.2, 0.25) is 0 Å². The molecule has 17 heavy (non-hydrogen) atoms. The zero-order valence-corrected chi connectivity index (χ0v) is 9.87. The van der Waals surface area contributed by atoms with Crippen LogP contribution >= 0.6 is 0 Å². The lowest BCUT2D eigenvalue weighted by Gasteiger charge is -2.31. The average Bonchev–Trinajstić information content (AvgIpc) is 2.19. The van der Waals surface area contributed by atoms with E-state index in [1.54, 1.807) is 32.0 Å². The normalized spacial score (nSPS) is 16.5. The molecule has 90 valence electrons. The van der Waals surface area contributed by atoms with Crippen molar-refractivity contribution in [1.82, 2.24) is 0 Å². The molecule has 0 unspecified atom stereocenters. The molecular weight excluding hydrogens is 222 g/mol. The Morgan fingerprint density at radius 3 is 2.76 bits per heavy atom. The van der Waals surface area contributed by atoms with E-state index in [0.717, 1.165) is 0 Å². The lowest BCUT2D eigenvalue weighted by Crippen LogP contribution is -2.45. The van der Waals surface area contributed by atoms with Crippen LogP contribution in [0.1, 0.15) is 20.8 Å². The fourth-order valence-corrected chi connectivity index (χ4v) is 1.52. The van der Waals surface area contributed by atoms with Crippen LogP contribution in [0.4, 0.5) is 5.69 Å². The predicted octanol–water partition coefficient (Wildman–Crippen LogP) is 1.72. The van der Waals surface area contributed by atoms with E-state index in [4.69, 9.17) is 9.47 Å². The monoisotopic (exact) mass is 235 g/mol. The molecule has 1 aromatic rings. The summed E-state index contributed by atoms with van der Waals surface area (Å²) in [5.74, 6) is 0.295. The van der Waals surface area contributed by atoms with Gasteiger partial charge < -0.3 is 14.8 Å². The Morgan fingerprint density at radius 2 is 2.12 bits per heavy atom. The largest absolute Gasteiger partial charge is 0.476 e. The number of nitrogens with one attached hydrogen (secondary N) is 1. The number of rotatable bonds is 1. The summed E-state index contributed by atoms with van der Waals surface area (Å²) >= 11 is 0. The molecule has 1 heterocycles. The van der Waals surface area contributed by atoms with Gasteiger partial charge in [0, 0.05) is 13.0 Å². The summed E-state index contributed by atoms with van der Waals surface area (Å²) in [5.41, 5.74) is -0.385. The third-order valence-electron chi connectivity index (χ3n) is 2.37. The molecule has 5 nitrogen and oxygen atoms in total. The predicted molar refractivity (Wildman–Crippen MR) is 61.1 cm³/mol. The second-order valence-electron chi connectivity index (χ2n) is 4.32. The quantitative estimate of drug-likeness (QED) is 0.594. The molecule has 1 N–H and O–H groups in total. The van der Waals surface area contributed by atoms with Crippen LogP contribution in [0.2, 0.25) is 0 Å². The van der Waals surface area contributed by atoms with Gasteiger partial charge in [0.05, 0.1) is 5.69 Å². The molecule has 0 saturated heterocycles. The number of ether oxygens (including phenoxy) is 2. The number of anilines is 1. The third-order valence-corrected chi connectivity index (χ3v) is 2.37. The molecule has 1 amide bonds. The number of hydrogen-bond donors (Lipinski definition) is 1. The van der Waals surface area contributed by atoms with Gasteiger partial charge in [-0.15, -0.1) is 0 Å². The smallest absolute Gasteiger partial charge is 0.308 e. The van der Waals surface area contributed by atoms with Crippen molar-refractivity contribution in [2.45, 2.75) is 26.4 Å². The van der Waals surface area contributed by atoms with Crippen molar-refractivity contribution in [2.24, 2.45) is 0 Å². The van der Waals surface area contributed by atoms with Crippen molar-refractivity contribution in [3.8, 4) is 11.5 Å². The highest BCUT2D eigenvalue weighted by molar-refractivity contribution is 6.00. The van der Waals surface area contributed by atoms with Gasteiger partial charge in [-0.25, -0.2) is 0 Å². The van der Waals surface area contributed by atoms with Crippen molar-refractivity contribution >= 4 is 17.6 Å². The van der Waals surface area contributed by atoms with Crippen LogP contribution in [0, 0.1) is 0 Å². The van der Waals surface area contributed by atoms with Crippen molar-refractivity contribution in [3.63, 3.8) is 0 Å². The topological polar surface area (TPSA) is 64.6 Å². The lowest BCUT2D eigenvalue weighted by molar-refractivity contribution is -0.131. The molecule has 0 saturated carbocycles. The van der Waals surface area contributed by atoms with E-state index in [2.05, 4.69) is 5.32 Å². The summed E-state index contributed by atoms with van der Waals surface area (Å²) in [7, 11) is 0. The Hall–Kier alpha value is -2.04. The Labute approximate surface area is 98.7 Å². The van der Waals surface area contributed by atoms with Gasteiger partial charge in [-0.1, -0.05) is 0 Å². The molecule has 1 aromatic carbocycles. The van der Waals surface area contributed by atoms with E-state index < -0.39 is 11.6 Å². The van der Waals surface area contributed by atoms with E-state index in [0.29, 0.717) is 17.2 Å². The minimum Gasteiger partial charge on any atom is -0.476 e. The molecule has 0 fully saturated rings. The molecule has 1 aliphatic heterocycles. The summed E-state index contributed by atoms with van der Waals surface area (Å²) in [6.45, 7) is 4.69. The van der Waals surface area contributed by atoms with Gasteiger partial charge in [0.1, 0.15) is 11.5 Å². The maximum atomic E-state index is 11.7. The van der Waals surface area contributed by atoms with Gasteiger partial charge in [-0.05, 0) is 26.0 Å². The van der Waals surface area contributed by atoms with Crippen LogP contribution < -0.4 is 14.8 Å². The fourth-order valence-electron chi connectivity index (χ4n) is 1.52. The average molecular weight is 235 g/mol. The van der Waals surface area contributed by atoms with Crippen LogP contribution in [0.15, 0.2) is 18.2 Å². The lowest BCUT2D eigenvalue weighted by atomic mass is 10.1. The Morgan fingerprint density at radius 1 is 1.41 bits per heavy atom. The standard InChI is InChI=1S/C12H13NO4/c1-7(14)16-8-4-5-10-9(6-8)13-11(15)12(2,3)17-10/h4-6H,1-3H3,(H,13,15). The van der Waals surface area contributed by atoms with Crippen molar-refractivity contribution in [3.05, 3.63) is 18.2 Å². The molecule has 0 radical (unpaired) electrons. The molecule has 0 aliphatic carbocycles. The number of fused-ring (bicyclic) bond motifs is 1. The van der Waals surface area contributed by atoms with Crippen LogP contribution in [0.5, 0.6) is 11.5 Å². The second-order valence-corrected chi connectivity index (χ2v) is 4.32. The zero-order valence-electron chi connectivity index (χ0n) is 9.87. The van der Waals surface area contributed by atoms with E-state index in [1.165, 1.54) is 6.92 Å². The summed E-state index contributed by atoms with van der Waals surface area (Å²) < 4.78 is 10.5. The van der Waals surface area contributed by atoms with Gasteiger partial charge in [-0.2, -0.15) is 0 Å². The van der Waals surface area contributed by atoms with Crippen molar-refractivity contribution < 1.29 is 19.1 Å². The van der Waals surface area contributed by atoms with E-state index >= 15 is 0 Å². The molecule has 0 spiro atoms. The first-order valence-electron chi connectivity index (χ1n) is 5.21. The molecular formula is C12H13NO4. The molecule has 1 aliphatic rings. The van der Waals surface area contributed by atoms with Gasteiger partial charge in [0.25, 0.3) is 5.91 Å². The maximum Gasteiger partial charge on any atom is 0.308 e. The Bertz CT molecular complexity index is 493. The van der Waals surface area contributed by atoms with Crippen molar-refractivity contribution in [1.29, 1.82) is 0 Å². The zero-order chi connectivity index (χ0) is 12.6. The van der Waals surface area contributed by atoms with Crippen molar-refractivity contribution in [2.75, 3.05) is 5.32 Å². The highest BCUT2D eigenvalue weighted by atomic mass is 16.5. The second kappa shape index (κ2) is 3.76. The maximum absolute atomic E-state index is 11.7. The van der Waals surface area contributed by atoms with Crippen LogP contribution in [-0.2, 0) is 9.59 Å². The minimum absolute atomic E-state index is 0.232. The third kappa shape index (κ3) is 2.22. The summed E-state index contributed by atoms with van der Waals surface area (Å²) in [4.78, 5) is 22.5. The number of amides is 1. The molecule has 0 aromatic heterocycles. The molecule has 0 atom stereocenters. The number of carbonyl (C=O) groups is 2. The van der Waals surface area contributed by atoms with Gasteiger partial charge >= 0.3 is 5.97 Å². The fraction of sp³-hybridized carbons (Fsp3) is 0.333. The van der Waals surface area contributed by atoms with Crippen LogP contribution in [0.25, 0.3) is 0 Å². The first-order chi connectivity index (χ1) is 7.88. The van der Waals surface area contributed by atoms with E-state index in [1.807, 2.05) is 0 Å². The number of carbonyl (C=O) groups excluding carboxylic acids is 2. The van der Waals surface area contributed by atoms with E-state index in [-0.39, 0.29) is 5.91 Å². The summed E-state index contributed by atoms with van der Waals surface area (Å²) in [5, 5.41) is 2.71. The Kier molecular flexibility index (Phi) is 2.53. The SMILES string of the molecule is CC(=O)Oc1ccc2c(c1)NC(=O)C(C)(C)O2. The highest BCUT2D eigenvalue weighted by Gasteiger charge is 2.35.